The second-order valence-corrected chi connectivity index (χ2v) is 11.7. The van der Waals surface area contributed by atoms with E-state index in [2.05, 4.69) is 25.5 Å². The Kier molecular flexibility index (Phi) is 6.98. The van der Waals surface area contributed by atoms with Crippen molar-refractivity contribution in [2.45, 2.75) is 39.8 Å². The van der Waals surface area contributed by atoms with Gasteiger partial charge in [0.2, 0.25) is 0 Å². The number of carbonyl (C=O) groups is 2. The molecule has 0 aliphatic carbocycles. The molecule has 2 amide bonds. The maximum Gasteiger partial charge on any atom is 0.410 e. The summed E-state index contributed by atoms with van der Waals surface area (Å²) in [5, 5.41) is 16.5. The highest BCUT2D eigenvalue weighted by molar-refractivity contribution is 6.14. The normalized spacial score (nSPS) is 14.1. The quantitative estimate of drug-likeness (QED) is 0.330. The van der Waals surface area contributed by atoms with Crippen LogP contribution < -0.4 is 10.2 Å². The van der Waals surface area contributed by atoms with Crippen LogP contribution in [-0.2, 0) is 18.3 Å². The van der Waals surface area contributed by atoms with E-state index in [9.17, 15) is 14.0 Å². The van der Waals surface area contributed by atoms with Crippen molar-refractivity contribution in [3.63, 3.8) is 0 Å². The molecule has 224 valence electrons. The van der Waals surface area contributed by atoms with Gasteiger partial charge in [0, 0.05) is 75.2 Å². The third-order valence-electron chi connectivity index (χ3n) is 7.08. The Hall–Kier alpha value is -5.01. The number of halogens is 1. The number of rotatable bonds is 5. The van der Waals surface area contributed by atoms with Gasteiger partial charge in [0.1, 0.15) is 16.8 Å². The molecule has 0 unspecified atom stereocenters. The van der Waals surface area contributed by atoms with Crippen molar-refractivity contribution in [2.24, 2.45) is 7.05 Å². The summed E-state index contributed by atoms with van der Waals surface area (Å²) in [4.78, 5) is 34.2. The van der Waals surface area contributed by atoms with Gasteiger partial charge >= 0.3 is 6.09 Å². The first-order chi connectivity index (χ1) is 20.4. The zero-order valence-corrected chi connectivity index (χ0v) is 24.7. The molecule has 0 atom stereocenters. The molecular weight excluding hydrogens is 555 g/mol. The molecule has 43 heavy (non-hydrogen) atoms. The number of carbonyl (C=O) groups excluding carboxylic acids is 2. The van der Waals surface area contributed by atoms with E-state index in [1.165, 1.54) is 6.07 Å². The number of piperazine rings is 1. The van der Waals surface area contributed by atoms with E-state index in [4.69, 9.17) is 9.84 Å². The molecule has 1 N–H and O–H groups in total. The third kappa shape index (κ3) is 5.85. The molecule has 5 heterocycles. The fourth-order valence-corrected chi connectivity index (χ4v) is 5.22. The number of nitrogens with one attached hydrogen (secondary N) is 1. The van der Waals surface area contributed by atoms with E-state index in [0.29, 0.717) is 60.9 Å². The molecule has 14 heteroatoms. The lowest BCUT2D eigenvalue weighted by molar-refractivity contribution is 0.0240. The van der Waals surface area contributed by atoms with Gasteiger partial charge in [0.25, 0.3) is 5.91 Å². The Bertz CT molecular complexity index is 1840. The summed E-state index contributed by atoms with van der Waals surface area (Å²) in [5.41, 5.74) is 3.03. The summed E-state index contributed by atoms with van der Waals surface area (Å²) in [6.07, 6.45) is 6.67. The molecule has 6 rings (SSSR count). The van der Waals surface area contributed by atoms with E-state index in [1.807, 2.05) is 33.0 Å². The molecule has 1 saturated heterocycles. The fraction of sp³-hybridized carbons (Fsp3) is 0.379. The largest absolute Gasteiger partial charge is 0.444 e. The summed E-state index contributed by atoms with van der Waals surface area (Å²) in [6.45, 7) is 9.83. The third-order valence-corrected chi connectivity index (χ3v) is 7.08. The number of imidazole rings is 1. The van der Waals surface area contributed by atoms with Crippen LogP contribution in [0.25, 0.3) is 16.6 Å². The number of benzene rings is 1. The smallest absolute Gasteiger partial charge is 0.410 e. The number of anilines is 2. The van der Waals surface area contributed by atoms with Gasteiger partial charge in [-0.05, 0) is 39.8 Å². The van der Waals surface area contributed by atoms with Crippen LogP contribution in [0.4, 0.5) is 20.6 Å². The van der Waals surface area contributed by atoms with Crippen LogP contribution in [0.5, 0.6) is 0 Å². The van der Waals surface area contributed by atoms with E-state index in [-0.39, 0.29) is 11.7 Å². The maximum atomic E-state index is 14.7. The van der Waals surface area contributed by atoms with Gasteiger partial charge in [0.05, 0.1) is 23.5 Å². The summed E-state index contributed by atoms with van der Waals surface area (Å²) in [5.74, 6) is -0.961. The molecule has 13 nitrogen and oxygen atoms in total. The molecule has 0 radical (unpaired) electrons. The summed E-state index contributed by atoms with van der Waals surface area (Å²) < 4.78 is 25.1. The van der Waals surface area contributed by atoms with Crippen LogP contribution in [0.3, 0.4) is 0 Å². The van der Waals surface area contributed by atoms with Crippen molar-refractivity contribution >= 4 is 39.9 Å². The standard InChI is InChI=1S/C29H33FN10O3/c1-18-13-39-15-19(12-23(30)26(39)31-18)32-27(41)21-6-7-24(37-8-10-38(11-9-37)28(42)43-29(2,3)4)22-17-40(34-25(21)22)16-20-14-36(5)35-33-20/h6-7,12-15,17H,8-11,16H2,1-5H3,(H,32,41). The van der Waals surface area contributed by atoms with Crippen LogP contribution in [-0.4, -0.2) is 82.8 Å². The first-order valence-corrected chi connectivity index (χ1v) is 14.0. The molecule has 0 bridgehead atoms. The van der Waals surface area contributed by atoms with Crippen molar-refractivity contribution in [2.75, 3.05) is 36.4 Å². The lowest BCUT2D eigenvalue weighted by Gasteiger charge is -2.37. The first kappa shape index (κ1) is 28.1. The monoisotopic (exact) mass is 588 g/mol. The minimum Gasteiger partial charge on any atom is -0.444 e. The van der Waals surface area contributed by atoms with E-state index >= 15 is 0 Å². The van der Waals surface area contributed by atoms with Gasteiger partial charge in [-0.1, -0.05) is 5.21 Å². The van der Waals surface area contributed by atoms with Crippen molar-refractivity contribution < 1.29 is 18.7 Å². The van der Waals surface area contributed by atoms with Gasteiger partial charge in [-0.25, -0.2) is 14.2 Å². The van der Waals surface area contributed by atoms with Crippen molar-refractivity contribution in [1.29, 1.82) is 0 Å². The highest BCUT2D eigenvalue weighted by Crippen LogP contribution is 2.31. The SMILES string of the molecule is Cc1cn2cc(NC(=O)c3ccc(N4CCN(C(=O)OC(C)(C)C)CC4)c4cn(Cc5cn(C)nn5)nc34)cc(F)c2n1. The number of amides is 2. The van der Waals surface area contributed by atoms with E-state index in [0.717, 1.165) is 11.1 Å². The van der Waals surface area contributed by atoms with E-state index < -0.39 is 17.3 Å². The van der Waals surface area contributed by atoms with Crippen LogP contribution >= 0.6 is 0 Å². The Balaban J connectivity index is 1.30. The highest BCUT2D eigenvalue weighted by atomic mass is 19.1. The maximum absolute atomic E-state index is 14.7. The number of hydrogen-bond acceptors (Lipinski definition) is 8. The average Bonchev–Trinajstić information content (AvgIpc) is 3.65. The van der Waals surface area contributed by atoms with Crippen molar-refractivity contribution in [1.82, 2.24) is 39.1 Å². The Morgan fingerprint density at radius 1 is 1.07 bits per heavy atom. The second kappa shape index (κ2) is 10.7. The molecule has 1 aliphatic rings. The minimum absolute atomic E-state index is 0.191. The summed E-state index contributed by atoms with van der Waals surface area (Å²) >= 11 is 0. The predicted octanol–water partition coefficient (Wildman–Crippen LogP) is 3.62. The van der Waals surface area contributed by atoms with Crippen LogP contribution in [0.1, 0.15) is 42.5 Å². The second-order valence-electron chi connectivity index (χ2n) is 11.7. The number of aryl methyl sites for hydroxylation is 2. The van der Waals surface area contributed by atoms with Crippen LogP contribution in [0.2, 0.25) is 0 Å². The van der Waals surface area contributed by atoms with Gasteiger partial charge in [-0.3, -0.25) is 14.2 Å². The summed E-state index contributed by atoms with van der Waals surface area (Å²) in [7, 11) is 1.79. The van der Waals surface area contributed by atoms with Gasteiger partial charge in [-0.2, -0.15) is 5.10 Å². The highest BCUT2D eigenvalue weighted by Gasteiger charge is 2.28. The van der Waals surface area contributed by atoms with Gasteiger partial charge in [0.15, 0.2) is 11.5 Å². The number of aromatic nitrogens is 7. The van der Waals surface area contributed by atoms with Gasteiger partial charge in [-0.15, -0.1) is 5.10 Å². The molecule has 4 aromatic heterocycles. The minimum atomic E-state index is -0.566. The molecule has 1 fully saturated rings. The van der Waals surface area contributed by atoms with Crippen molar-refractivity contribution in [3.05, 3.63) is 65.8 Å². The molecule has 1 aromatic carbocycles. The first-order valence-electron chi connectivity index (χ1n) is 14.0. The average molecular weight is 589 g/mol. The molecule has 5 aromatic rings. The number of fused-ring (bicyclic) bond motifs is 2. The van der Waals surface area contributed by atoms with E-state index in [1.54, 1.807) is 57.3 Å². The molecule has 0 saturated carbocycles. The number of pyridine rings is 1. The molecular formula is C29H33FN10O3. The Morgan fingerprint density at radius 2 is 1.84 bits per heavy atom. The topological polar surface area (TPSA) is 128 Å². The number of ether oxygens (including phenoxy) is 1. The summed E-state index contributed by atoms with van der Waals surface area (Å²) in [6, 6.07) is 4.86. The fourth-order valence-electron chi connectivity index (χ4n) is 5.22. The van der Waals surface area contributed by atoms with Crippen LogP contribution in [0, 0.1) is 12.7 Å². The lowest BCUT2D eigenvalue weighted by Crippen LogP contribution is -2.50. The molecule has 0 spiro atoms. The number of nitrogens with zero attached hydrogens (tertiary/aromatic N) is 9. The zero-order chi connectivity index (χ0) is 30.5. The van der Waals surface area contributed by atoms with Gasteiger partial charge < -0.3 is 24.3 Å². The lowest BCUT2D eigenvalue weighted by atomic mass is 10.1. The number of hydrogen-bond donors (Lipinski definition) is 1. The predicted molar refractivity (Wildman–Crippen MR) is 158 cm³/mol. The Labute approximate surface area is 246 Å². The van der Waals surface area contributed by atoms with Crippen LogP contribution in [0.15, 0.2) is 43.0 Å². The van der Waals surface area contributed by atoms with Crippen molar-refractivity contribution in [3.8, 4) is 0 Å². The Morgan fingerprint density at radius 3 is 2.53 bits per heavy atom. The zero-order valence-electron chi connectivity index (χ0n) is 24.7. The molecule has 1 aliphatic heterocycles.